The Labute approximate surface area is 167 Å². The minimum Gasteiger partial charge on any atom is -0.465 e. The number of hydrazine groups is 1. The van der Waals surface area contributed by atoms with Crippen LogP contribution < -0.4 is 15.8 Å². The highest BCUT2D eigenvalue weighted by Gasteiger charge is 2.42. The van der Waals surface area contributed by atoms with Crippen LogP contribution in [0.3, 0.4) is 0 Å². The fraction of sp³-hybridized carbons (Fsp3) is 0.250. The largest absolute Gasteiger partial charge is 0.465 e. The summed E-state index contributed by atoms with van der Waals surface area (Å²) in [6.45, 7) is 0.559. The number of thioether (sulfide) groups is 1. The highest BCUT2D eigenvalue weighted by atomic mass is 32.2. The lowest BCUT2D eigenvalue weighted by atomic mass is 10.0. The molecule has 0 saturated carbocycles. The molecular formula is C20H20N4O3S. The first-order chi connectivity index (χ1) is 13.7. The van der Waals surface area contributed by atoms with Crippen LogP contribution in [0.5, 0.6) is 0 Å². The number of anilines is 1. The van der Waals surface area contributed by atoms with Crippen LogP contribution >= 0.6 is 11.8 Å². The van der Waals surface area contributed by atoms with Crippen molar-refractivity contribution in [2.24, 2.45) is 10.9 Å². The number of amidine groups is 1. The second-order valence-corrected chi connectivity index (χ2v) is 7.42. The lowest BCUT2D eigenvalue weighted by Gasteiger charge is -2.32. The van der Waals surface area contributed by atoms with Gasteiger partial charge in [0.15, 0.2) is 5.17 Å². The van der Waals surface area contributed by atoms with E-state index in [2.05, 4.69) is 10.9 Å². The number of fused-ring (bicyclic) bond motifs is 1. The van der Waals surface area contributed by atoms with Crippen LogP contribution in [0.1, 0.15) is 15.9 Å². The van der Waals surface area contributed by atoms with Crippen molar-refractivity contribution in [3.8, 4) is 0 Å². The highest BCUT2D eigenvalue weighted by Crippen LogP contribution is 2.30. The van der Waals surface area contributed by atoms with Crippen LogP contribution in [-0.4, -0.2) is 36.9 Å². The van der Waals surface area contributed by atoms with Crippen molar-refractivity contribution < 1.29 is 14.3 Å². The van der Waals surface area contributed by atoms with E-state index < -0.39 is 0 Å². The maximum absolute atomic E-state index is 13.1. The summed E-state index contributed by atoms with van der Waals surface area (Å²) in [5.41, 5.74) is 8.44. The van der Waals surface area contributed by atoms with E-state index in [9.17, 15) is 9.59 Å². The van der Waals surface area contributed by atoms with E-state index >= 15 is 0 Å². The molecule has 0 aromatic heterocycles. The van der Waals surface area contributed by atoms with E-state index in [1.165, 1.54) is 18.9 Å². The molecule has 0 aliphatic carbocycles. The normalized spacial score (nSPS) is 21.2. The van der Waals surface area contributed by atoms with Gasteiger partial charge in [0.1, 0.15) is 6.17 Å². The molecule has 2 aromatic rings. The lowest BCUT2D eigenvalue weighted by molar-refractivity contribution is -0.121. The minimum absolute atomic E-state index is 0.0345. The number of rotatable bonds is 4. The average molecular weight is 396 g/mol. The van der Waals surface area contributed by atoms with Crippen molar-refractivity contribution in [1.82, 2.24) is 10.9 Å². The lowest BCUT2D eigenvalue weighted by Crippen LogP contribution is -2.49. The van der Waals surface area contributed by atoms with Crippen molar-refractivity contribution in [1.29, 1.82) is 0 Å². The molecule has 0 spiro atoms. The number of nitrogens with zero attached hydrogens (tertiary/aromatic N) is 2. The fourth-order valence-electron chi connectivity index (χ4n) is 3.19. The standard InChI is InChI=1S/C20H20N4O3S/c1-27-19(26)14-9-7-13(8-10-14)12-28-20-22-17-16(11-21-23-17)18(25)24(20)15-5-3-2-4-6-15/h2-10,16-17,21,23H,11-12H2,1H3. The smallest absolute Gasteiger partial charge is 0.337 e. The Hall–Kier alpha value is -2.68. The number of ether oxygens (including phenoxy) is 1. The number of carbonyl (C=O) groups excluding carboxylic acids is 2. The highest BCUT2D eigenvalue weighted by molar-refractivity contribution is 8.13. The summed E-state index contributed by atoms with van der Waals surface area (Å²) >= 11 is 1.50. The molecule has 1 amide bonds. The van der Waals surface area contributed by atoms with Crippen molar-refractivity contribution in [2.45, 2.75) is 11.9 Å². The number of esters is 1. The Morgan fingerprint density at radius 2 is 1.96 bits per heavy atom. The number of carbonyl (C=O) groups is 2. The second-order valence-electron chi connectivity index (χ2n) is 6.47. The quantitative estimate of drug-likeness (QED) is 0.771. The van der Waals surface area contributed by atoms with Crippen molar-refractivity contribution in [3.63, 3.8) is 0 Å². The van der Waals surface area contributed by atoms with Gasteiger partial charge in [-0.2, -0.15) is 0 Å². The van der Waals surface area contributed by atoms with Gasteiger partial charge in [-0.1, -0.05) is 42.1 Å². The topological polar surface area (TPSA) is 83.0 Å². The van der Waals surface area contributed by atoms with Crippen LogP contribution in [0.4, 0.5) is 5.69 Å². The Balaban J connectivity index is 1.55. The fourth-order valence-corrected chi connectivity index (χ4v) is 4.19. The van der Waals surface area contributed by atoms with Gasteiger partial charge < -0.3 is 4.74 Å². The summed E-state index contributed by atoms with van der Waals surface area (Å²) in [5.74, 6) is 0.0838. The molecule has 144 valence electrons. The van der Waals surface area contributed by atoms with Crippen LogP contribution in [0.2, 0.25) is 0 Å². The zero-order valence-electron chi connectivity index (χ0n) is 15.3. The van der Waals surface area contributed by atoms with E-state index in [-0.39, 0.29) is 24.0 Å². The Bertz CT molecular complexity index is 901. The number of amides is 1. The second kappa shape index (κ2) is 8.14. The Morgan fingerprint density at radius 1 is 1.21 bits per heavy atom. The minimum atomic E-state index is -0.359. The summed E-state index contributed by atoms with van der Waals surface area (Å²) < 4.78 is 4.73. The first-order valence-corrected chi connectivity index (χ1v) is 9.91. The van der Waals surface area contributed by atoms with E-state index in [1.807, 2.05) is 42.5 Å². The number of hydrogen-bond acceptors (Lipinski definition) is 7. The number of para-hydroxylation sites is 1. The van der Waals surface area contributed by atoms with Gasteiger partial charge in [-0.05, 0) is 29.8 Å². The number of hydrogen-bond donors (Lipinski definition) is 2. The molecule has 8 heteroatoms. The Morgan fingerprint density at radius 3 is 2.68 bits per heavy atom. The van der Waals surface area contributed by atoms with Crippen LogP contribution in [0.25, 0.3) is 0 Å². The third kappa shape index (κ3) is 3.66. The molecule has 28 heavy (non-hydrogen) atoms. The molecule has 2 heterocycles. The van der Waals surface area contributed by atoms with Crippen LogP contribution in [0.15, 0.2) is 59.6 Å². The molecule has 2 aliphatic heterocycles. The first kappa shape index (κ1) is 18.7. The van der Waals surface area contributed by atoms with E-state index in [1.54, 1.807) is 17.0 Å². The van der Waals surface area contributed by atoms with Gasteiger partial charge in [0.25, 0.3) is 0 Å². The molecular weight excluding hydrogens is 376 g/mol. The summed E-state index contributed by atoms with van der Waals surface area (Å²) in [4.78, 5) is 31.1. The van der Waals surface area contributed by atoms with Crippen LogP contribution in [-0.2, 0) is 15.3 Å². The zero-order chi connectivity index (χ0) is 19.5. The molecule has 2 N–H and O–H groups in total. The molecule has 1 fully saturated rings. The summed E-state index contributed by atoms with van der Waals surface area (Å²) in [5, 5.41) is 0.658. The van der Waals surface area contributed by atoms with Gasteiger partial charge in [-0.3, -0.25) is 15.1 Å². The number of benzene rings is 2. The number of nitrogens with one attached hydrogen (secondary N) is 2. The summed E-state index contributed by atoms with van der Waals surface area (Å²) in [6.07, 6.45) is -0.253. The average Bonchev–Trinajstić information content (AvgIpc) is 3.22. The molecule has 1 saturated heterocycles. The molecule has 0 bridgehead atoms. The first-order valence-electron chi connectivity index (χ1n) is 8.92. The number of methoxy groups -OCH3 is 1. The monoisotopic (exact) mass is 396 g/mol. The molecule has 0 radical (unpaired) electrons. The SMILES string of the molecule is COC(=O)c1ccc(CSC2=NC3NNCC3C(=O)N2c2ccccc2)cc1. The third-order valence-electron chi connectivity index (χ3n) is 4.69. The molecule has 7 nitrogen and oxygen atoms in total. The van der Waals surface area contributed by atoms with E-state index in [4.69, 9.17) is 9.73 Å². The van der Waals surface area contributed by atoms with Crippen molar-refractivity contribution in [3.05, 3.63) is 65.7 Å². The van der Waals surface area contributed by atoms with Crippen molar-refractivity contribution >= 4 is 34.5 Å². The number of aliphatic imine (C=N–C) groups is 1. The summed E-state index contributed by atoms with van der Waals surface area (Å²) in [7, 11) is 1.36. The van der Waals surface area contributed by atoms with E-state index in [0.29, 0.717) is 23.0 Å². The predicted molar refractivity (Wildman–Crippen MR) is 109 cm³/mol. The van der Waals surface area contributed by atoms with Crippen molar-refractivity contribution in [2.75, 3.05) is 18.6 Å². The molecule has 4 rings (SSSR count). The van der Waals surface area contributed by atoms with Gasteiger partial charge in [-0.15, -0.1) is 0 Å². The third-order valence-corrected chi connectivity index (χ3v) is 5.71. The molecule has 2 aromatic carbocycles. The maximum atomic E-state index is 13.1. The van der Waals surface area contributed by atoms with E-state index in [0.717, 1.165) is 11.3 Å². The predicted octanol–water partition coefficient (Wildman–Crippen LogP) is 2.16. The van der Waals surface area contributed by atoms with Gasteiger partial charge >= 0.3 is 5.97 Å². The van der Waals surface area contributed by atoms with Gasteiger partial charge in [0.05, 0.1) is 24.3 Å². The molecule has 2 unspecified atom stereocenters. The zero-order valence-corrected chi connectivity index (χ0v) is 16.1. The molecule has 2 aliphatic rings. The van der Waals surface area contributed by atoms with Gasteiger partial charge in [0.2, 0.25) is 5.91 Å². The summed E-state index contributed by atoms with van der Waals surface area (Å²) in [6, 6.07) is 16.8. The molecule has 2 atom stereocenters. The Kier molecular flexibility index (Phi) is 5.43. The van der Waals surface area contributed by atoms with Gasteiger partial charge in [-0.25, -0.2) is 15.2 Å². The van der Waals surface area contributed by atoms with Gasteiger partial charge in [0, 0.05) is 12.3 Å². The van der Waals surface area contributed by atoms with Crippen LogP contribution in [0, 0.1) is 5.92 Å². The maximum Gasteiger partial charge on any atom is 0.337 e.